The van der Waals surface area contributed by atoms with Gasteiger partial charge in [0.15, 0.2) is 5.65 Å². The van der Waals surface area contributed by atoms with Crippen molar-refractivity contribution in [2.24, 2.45) is 0 Å². The van der Waals surface area contributed by atoms with Crippen molar-refractivity contribution >= 4 is 45.3 Å². The van der Waals surface area contributed by atoms with Crippen molar-refractivity contribution in [3.05, 3.63) is 86.2 Å². The minimum atomic E-state index is -0.500. The molecule has 3 aromatic heterocycles. The molecule has 4 heterocycles. The summed E-state index contributed by atoms with van der Waals surface area (Å²) in [4.78, 5) is 48.4. The predicted octanol–water partition coefficient (Wildman–Crippen LogP) is 3.13. The Morgan fingerprint density at radius 2 is 1.92 bits per heavy atom. The number of nitrogens with one attached hydrogen (secondary N) is 1. The molecular weight excluding hydrogens is 487 g/mol. The van der Waals surface area contributed by atoms with Crippen LogP contribution in [0.4, 0.5) is 16.2 Å². The van der Waals surface area contributed by atoms with Crippen LogP contribution in [0.2, 0.25) is 5.02 Å². The number of halogens is 2. The molecule has 36 heavy (non-hydrogen) atoms. The highest BCUT2D eigenvalue weighted by molar-refractivity contribution is 6.35. The largest absolute Gasteiger partial charge is 0.368 e. The maximum Gasteiger partial charge on any atom is 0.267 e. The van der Waals surface area contributed by atoms with Gasteiger partial charge in [0.2, 0.25) is 5.95 Å². The van der Waals surface area contributed by atoms with E-state index in [4.69, 9.17) is 22.3 Å². The maximum absolute atomic E-state index is 14.2. The average Bonchev–Trinajstić information content (AvgIpc) is 3.33. The number of anilines is 2. The normalized spacial score (nSPS) is 15.7. The zero-order chi connectivity index (χ0) is 25.0. The predicted molar refractivity (Wildman–Crippen MR) is 134 cm³/mol. The first-order valence-corrected chi connectivity index (χ1v) is 11.5. The number of benzene rings is 2. The van der Waals surface area contributed by atoms with E-state index in [9.17, 15) is 14.0 Å². The molecule has 3 N–H and O–H groups in total. The van der Waals surface area contributed by atoms with Crippen LogP contribution in [-0.2, 0) is 0 Å². The minimum absolute atomic E-state index is 0.0398. The van der Waals surface area contributed by atoms with Gasteiger partial charge in [0.25, 0.3) is 11.1 Å². The summed E-state index contributed by atoms with van der Waals surface area (Å²) in [5.41, 5.74) is 5.99. The van der Waals surface area contributed by atoms with Crippen LogP contribution in [0.25, 0.3) is 27.6 Å². The van der Waals surface area contributed by atoms with Crippen molar-refractivity contribution < 1.29 is 4.39 Å². The topological polar surface area (TPSA) is 136 Å². The van der Waals surface area contributed by atoms with E-state index in [-0.39, 0.29) is 27.4 Å². The Morgan fingerprint density at radius 1 is 1.08 bits per heavy atom. The number of nitrogens with two attached hydrogens (primary N) is 1. The quantitative estimate of drug-likeness (QED) is 0.382. The Morgan fingerprint density at radius 3 is 2.75 bits per heavy atom. The lowest BCUT2D eigenvalue weighted by molar-refractivity contribution is 0.617. The molecule has 180 valence electrons. The number of hydrogen-bond acceptors (Lipinski definition) is 8. The molecule has 12 heteroatoms. The standard InChI is InChI=1S/C24H18ClFN8O2/c25-14-6-2-7-15-17(14)23(36)34(13-5-1-4-12(26)10-13)20(30-15)16-8-3-9-33(16)21-18-19(31-24(27)32-21)28-11-29-22(18)35/h1-2,4-7,10-11,16H,3,8-9H2,(H3,27,28,29,31,32,35)/t16-/m0/s1. The van der Waals surface area contributed by atoms with Crippen LogP contribution in [0.3, 0.4) is 0 Å². The molecule has 1 saturated heterocycles. The first-order chi connectivity index (χ1) is 17.4. The minimum Gasteiger partial charge on any atom is -0.368 e. The first-order valence-electron chi connectivity index (χ1n) is 11.2. The van der Waals surface area contributed by atoms with Crippen LogP contribution >= 0.6 is 11.6 Å². The van der Waals surface area contributed by atoms with Crippen LogP contribution in [0.1, 0.15) is 24.7 Å². The number of aromatic nitrogens is 6. The van der Waals surface area contributed by atoms with E-state index in [1.165, 1.54) is 29.1 Å². The lowest BCUT2D eigenvalue weighted by Crippen LogP contribution is -2.33. The van der Waals surface area contributed by atoms with Crippen molar-refractivity contribution in [2.75, 3.05) is 17.2 Å². The molecule has 5 aromatic rings. The summed E-state index contributed by atoms with van der Waals surface area (Å²) in [6, 6.07) is 10.3. The van der Waals surface area contributed by atoms with E-state index < -0.39 is 23.0 Å². The Hall–Kier alpha value is -4.38. The number of H-pyrrole nitrogens is 1. The molecule has 0 aliphatic carbocycles. The van der Waals surface area contributed by atoms with Crippen molar-refractivity contribution in [1.29, 1.82) is 0 Å². The third-order valence-electron chi connectivity index (χ3n) is 6.26. The summed E-state index contributed by atoms with van der Waals surface area (Å²) in [5.74, 6) is 0.117. The highest BCUT2D eigenvalue weighted by atomic mass is 35.5. The molecule has 6 rings (SSSR count). The second kappa shape index (κ2) is 8.38. The molecule has 1 fully saturated rings. The maximum atomic E-state index is 14.2. The fourth-order valence-electron chi connectivity index (χ4n) is 4.77. The van der Waals surface area contributed by atoms with Gasteiger partial charge in [0.05, 0.1) is 34.0 Å². The third-order valence-corrected chi connectivity index (χ3v) is 6.57. The average molecular weight is 505 g/mol. The smallest absolute Gasteiger partial charge is 0.267 e. The molecule has 0 saturated carbocycles. The molecule has 1 aliphatic heterocycles. The molecule has 2 aromatic carbocycles. The van der Waals surface area contributed by atoms with Crippen LogP contribution in [0, 0.1) is 5.82 Å². The van der Waals surface area contributed by atoms with E-state index in [1.807, 2.05) is 4.90 Å². The van der Waals surface area contributed by atoms with Crippen LogP contribution < -0.4 is 21.8 Å². The summed E-state index contributed by atoms with van der Waals surface area (Å²) in [6.07, 6.45) is 2.57. The van der Waals surface area contributed by atoms with E-state index in [1.54, 1.807) is 24.3 Å². The number of hydrogen-bond donors (Lipinski definition) is 2. The monoisotopic (exact) mass is 504 g/mol. The van der Waals surface area contributed by atoms with Gasteiger partial charge in [-0.15, -0.1) is 0 Å². The van der Waals surface area contributed by atoms with Crippen molar-refractivity contribution in [1.82, 2.24) is 29.5 Å². The number of nitrogen functional groups attached to an aromatic ring is 1. The Balaban J connectivity index is 1.64. The van der Waals surface area contributed by atoms with Gasteiger partial charge in [-0.05, 0) is 43.2 Å². The number of nitrogens with zero attached hydrogens (tertiary/aromatic N) is 6. The molecule has 1 atom stereocenters. The summed E-state index contributed by atoms with van der Waals surface area (Å²) in [6.45, 7) is 0.511. The lowest BCUT2D eigenvalue weighted by atomic mass is 10.1. The van der Waals surface area contributed by atoms with Gasteiger partial charge in [0, 0.05) is 6.54 Å². The second-order valence-corrected chi connectivity index (χ2v) is 8.82. The van der Waals surface area contributed by atoms with E-state index in [0.717, 1.165) is 6.42 Å². The van der Waals surface area contributed by atoms with Crippen molar-refractivity contribution in [3.8, 4) is 5.69 Å². The highest BCUT2D eigenvalue weighted by Crippen LogP contribution is 2.37. The lowest BCUT2D eigenvalue weighted by Gasteiger charge is -2.28. The molecule has 0 radical (unpaired) electrons. The summed E-state index contributed by atoms with van der Waals surface area (Å²) in [7, 11) is 0. The SMILES string of the molecule is Nc1nc(N2CCC[C@H]2c2nc3cccc(Cl)c3c(=O)n2-c2cccc(F)c2)c2c(=O)[nH]cnc2n1. The molecule has 0 amide bonds. The van der Waals surface area contributed by atoms with Crippen LogP contribution in [0.15, 0.2) is 58.4 Å². The summed E-state index contributed by atoms with van der Waals surface area (Å²) >= 11 is 6.38. The summed E-state index contributed by atoms with van der Waals surface area (Å²) in [5, 5.41) is 0.661. The van der Waals surface area contributed by atoms with Gasteiger partial charge < -0.3 is 15.6 Å². The van der Waals surface area contributed by atoms with Crippen LogP contribution in [-0.4, -0.2) is 36.0 Å². The van der Waals surface area contributed by atoms with E-state index in [0.29, 0.717) is 35.8 Å². The zero-order valence-electron chi connectivity index (χ0n) is 18.7. The Labute approximate surface area is 207 Å². The van der Waals surface area contributed by atoms with Crippen molar-refractivity contribution in [3.63, 3.8) is 0 Å². The third kappa shape index (κ3) is 3.47. The number of fused-ring (bicyclic) bond motifs is 2. The summed E-state index contributed by atoms with van der Waals surface area (Å²) < 4.78 is 15.6. The number of aromatic amines is 1. The molecule has 0 bridgehead atoms. The fraction of sp³-hybridized carbons (Fsp3) is 0.167. The molecule has 1 aliphatic rings. The Bertz CT molecular complexity index is 1790. The number of rotatable bonds is 3. The van der Waals surface area contributed by atoms with Gasteiger partial charge in [-0.25, -0.2) is 14.4 Å². The molecular formula is C24H18ClFN8O2. The van der Waals surface area contributed by atoms with Gasteiger partial charge in [-0.3, -0.25) is 14.2 Å². The zero-order valence-corrected chi connectivity index (χ0v) is 19.4. The van der Waals surface area contributed by atoms with Gasteiger partial charge >= 0.3 is 0 Å². The molecule has 0 unspecified atom stereocenters. The van der Waals surface area contributed by atoms with Gasteiger partial charge in [0.1, 0.15) is 22.8 Å². The van der Waals surface area contributed by atoms with Gasteiger partial charge in [-0.2, -0.15) is 9.97 Å². The van der Waals surface area contributed by atoms with Crippen LogP contribution in [0.5, 0.6) is 0 Å². The van der Waals surface area contributed by atoms with E-state index in [2.05, 4.69) is 19.9 Å². The van der Waals surface area contributed by atoms with Gasteiger partial charge in [-0.1, -0.05) is 23.7 Å². The second-order valence-electron chi connectivity index (χ2n) is 8.41. The molecule has 0 spiro atoms. The Kier molecular flexibility index (Phi) is 5.15. The molecule has 10 nitrogen and oxygen atoms in total. The fourth-order valence-corrected chi connectivity index (χ4v) is 5.02. The highest BCUT2D eigenvalue weighted by Gasteiger charge is 2.34. The van der Waals surface area contributed by atoms with Crippen molar-refractivity contribution in [2.45, 2.75) is 18.9 Å². The first kappa shape index (κ1) is 22.1. The van der Waals surface area contributed by atoms with E-state index >= 15 is 0 Å².